The second kappa shape index (κ2) is 9.72. The predicted octanol–water partition coefficient (Wildman–Crippen LogP) is 3.04. The number of ether oxygens (including phenoxy) is 1. The van der Waals surface area contributed by atoms with E-state index in [0.717, 1.165) is 4.90 Å². The van der Waals surface area contributed by atoms with Crippen molar-refractivity contribution in [3.8, 4) is 0 Å². The highest BCUT2D eigenvalue weighted by Crippen LogP contribution is 2.28. The molecule has 0 radical (unpaired) electrons. The van der Waals surface area contributed by atoms with E-state index in [9.17, 15) is 23.6 Å². The number of hydrogen-bond donors (Lipinski definition) is 0. The molecule has 1 aliphatic rings. The third kappa shape index (κ3) is 4.69. The SMILES string of the molecule is CC[C@H](C)[C@@H](C(=O)OCC(=O)N(C)Cc1cccc(F)c1)N1C(=O)c2ccccc2C1=O. The lowest BCUT2D eigenvalue weighted by Crippen LogP contribution is -2.49. The molecule has 32 heavy (non-hydrogen) atoms. The van der Waals surface area contributed by atoms with Crippen molar-refractivity contribution >= 4 is 23.7 Å². The molecule has 0 unspecified atom stereocenters. The van der Waals surface area contributed by atoms with Gasteiger partial charge in [0.25, 0.3) is 17.7 Å². The fourth-order valence-electron chi connectivity index (χ4n) is 3.60. The van der Waals surface area contributed by atoms with Crippen molar-refractivity contribution in [2.24, 2.45) is 5.92 Å². The number of likely N-dealkylation sites (N-methyl/N-ethyl adjacent to an activating group) is 1. The molecule has 8 heteroatoms. The summed E-state index contributed by atoms with van der Waals surface area (Å²) in [5.74, 6) is -3.20. The van der Waals surface area contributed by atoms with Gasteiger partial charge in [0, 0.05) is 13.6 Å². The van der Waals surface area contributed by atoms with Crippen LogP contribution in [0.25, 0.3) is 0 Å². The molecule has 168 valence electrons. The zero-order valence-corrected chi connectivity index (χ0v) is 18.2. The molecule has 2 atom stereocenters. The van der Waals surface area contributed by atoms with Gasteiger partial charge in [-0.2, -0.15) is 0 Å². The first-order valence-corrected chi connectivity index (χ1v) is 10.4. The zero-order chi connectivity index (χ0) is 23.4. The Morgan fingerprint density at radius 1 is 1.06 bits per heavy atom. The molecule has 0 N–H and O–H groups in total. The summed E-state index contributed by atoms with van der Waals surface area (Å²) in [7, 11) is 1.51. The zero-order valence-electron chi connectivity index (χ0n) is 18.2. The van der Waals surface area contributed by atoms with Crippen LogP contribution in [0.5, 0.6) is 0 Å². The Morgan fingerprint density at radius 3 is 2.25 bits per heavy atom. The highest BCUT2D eigenvalue weighted by Gasteiger charge is 2.45. The van der Waals surface area contributed by atoms with Gasteiger partial charge in [-0.05, 0) is 35.7 Å². The number of imide groups is 1. The molecular weight excluding hydrogens is 415 g/mol. The van der Waals surface area contributed by atoms with Gasteiger partial charge in [0.1, 0.15) is 11.9 Å². The minimum atomic E-state index is -1.14. The summed E-state index contributed by atoms with van der Waals surface area (Å²) in [4.78, 5) is 53.3. The monoisotopic (exact) mass is 440 g/mol. The van der Waals surface area contributed by atoms with E-state index >= 15 is 0 Å². The van der Waals surface area contributed by atoms with Gasteiger partial charge in [-0.25, -0.2) is 9.18 Å². The van der Waals surface area contributed by atoms with Crippen molar-refractivity contribution in [2.45, 2.75) is 32.9 Å². The maximum Gasteiger partial charge on any atom is 0.330 e. The van der Waals surface area contributed by atoms with Crippen LogP contribution >= 0.6 is 0 Å². The van der Waals surface area contributed by atoms with E-state index in [2.05, 4.69) is 0 Å². The number of hydrogen-bond acceptors (Lipinski definition) is 5. The fourth-order valence-corrected chi connectivity index (χ4v) is 3.60. The molecule has 0 bridgehead atoms. The molecule has 0 saturated heterocycles. The molecular formula is C24H25FN2O5. The van der Waals surface area contributed by atoms with Crippen molar-refractivity contribution in [3.05, 3.63) is 71.0 Å². The fraction of sp³-hybridized carbons (Fsp3) is 0.333. The van der Waals surface area contributed by atoms with Crippen molar-refractivity contribution < 1.29 is 28.3 Å². The van der Waals surface area contributed by atoms with Gasteiger partial charge >= 0.3 is 5.97 Å². The Balaban J connectivity index is 1.69. The maximum atomic E-state index is 13.3. The summed E-state index contributed by atoms with van der Waals surface area (Å²) in [6.45, 7) is 3.16. The standard InChI is InChI=1S/C24H25FN2O5/c1-4-15(2)21(27-22(29)18-10-5-6-11-19(18)23(27)30)24(31)32-14-20(28)26(3)13-16-8-7-9-17(25)12-16/h5-12,15,21H,4,13-14H2,1-3H3/t15-,21-/m0/s1. The lowest BCUT2D eigenvalue weighted by molar-refractivity contribution is -0.156. The van der Waals surface area contributed by atoms with Crippen molar-refractivity contribution in [1.82, 2.24) is 9.80 Å². The first-order valence-electron chi connectivity index (χ1n) is 10.4. The lowest BCUT2D eigenvalue weighted by atomic mass is 9.97. The van der Waals surface area contributed by atoms with E-state index in [4.69, 9.17) is 4.74 Å². The van der Waals surface area contributed by atoms with Crippen molar-refractivity contribution in [1.29, 1.82) is 0 Å². The Kier molecular flexibility index (Phi) is 7.02. The first-order chi connectivity index (χ1) is 15.2. The van der Waals surface area contributed by atoms with E-state index < -0.39 is 42.2 Å². The molecule has 2 aromatic carbocycles. The number of carbonyl (C=O) groups is 4. The van der Waals surface area contributed by atoms with Crippen LogP contribution in [0, 0.1) is 11.7 Å². The normalized spacial score (nSPS) is 14.7. The van der Waals surface area contributed by atoms with Gasteiger partial charge in [0.2, 0.25) is 0 Å². The van der Waals surface area contributed by atoms with Crippen LogP contribution in [0.1, 0.15) is 46.5 Å². The summed E-state index contributed by atoms with van der Waals surface area (Å²) >= 11 is 0. The minimum absolute atomic E-state index is 0.140. The van der Waals surface area contributed by atoms with E-state index in [1.807, 2.05) is 6.92 Å². The molecule has 2 aromatic rings. The van der Waals surface area contributed by atoms with E-state index in [1.54, 1.807) is 43.3 Å². The van der Waals surface area contributed by atoms with Crippen molar-refractivity contribution in [3.63, 3.8) is 0 Å². The van der Waals surface area contributed by atoms with Gasteiger partial charge in [-0.15, -0.1) is 0 Å². The van der Waals surface area contributed by atoms with Crippen LogP contribution in [-0.2, 0) is 20.9 Å². The molecule has 0 saturated carbocycles. The van der Waals surface area contributed by atoms with Gasteiger partial charge in [0.05, 0.1) is 11.1 Å². The van der Waals surface area contributed by atoms with Crippen LogP contribution in [0.2, 0.25) is 0 Å². The Morgan fingerprint density at radius 2 is 1.69 bits per heavy atom. The molecule has 7 nitrogen and oxygen atoms in total. The molecule has 0 aromatic heterocycles. The largest absolute Gasteiger partial charge is 0.454 e. The van der Waals surface area contributed by atoms with Crippen LogP contribution in [0.15, 0.2) is 48.5 Å². The summed E-state index contributed by atoms with van der Waals surface area (Å²) in [5, 5.41) is 0. The van der Waals surface area contributed by atoms with Gasteiger partial charge in [0.15, 0.2) is 6.61 Å². The van der Waals surface area contributed by atoms with Gasteiger partial charge in [-0.1, -0.05) is 44.5 Å². The third-order valence-corrected chi connectivity index (χ3v) is 5.60. The molecule has 1 aliphatic heterocycles. The molecule has 0 spiro atoms. The molecule has 3 amide bonds. The summed E-state index contributed by atoms with van der Waals surface area (Å²) in [6, 6.07) is 11.1. The average molecular weight is 440 g/mol. The maximum absolute atomic E-state index is 13.3. The number of fused-ring (bicyclic) bond motifs is 1. The molecule has 1 heterocycles. The molecule has 0 aliphatic carbocycles. The Labute approximate surface area is 185 Å². The highest BCUT2D eigenvalue weighted by molar-refractivity contribution is 6.22. The number of halogens is 1. The van der Waals surface area contributed by atoms with Gasteiger partial charge < -0.3 is 9.64 Å². The van der Waals surface area contributed by atoms with Crippen LogP contribution in [0.4, 0.5) is 4.39 Å². The van der Waals surface area contributed by atoms with Gasteiger partial charge in [-0.3, -0.25) is 19.3 Å². The van der Waals surface area contributed by atoms with Crippen LogP contribution in [-0.4, -0.2) is 53.2 Å². The Bertz CT molecular complexity index is 1020. The van der Waals surface area contributed by atoms with E-state index in [-0.39, 0.29) is 23.6 Å². The highest BCUT2D eigenvalue weighted by atomic mass is 19.1. The molecule has 3 rings (SSSR count). The number of amides is 3. The number of rotatable bonds is 8. The van der Waals surface area contributed by atoms with Crippen molar-refractivity contribution in [2.75, 3.05) is 13.7 Å². The quantitative estimate of drug-likeness (QED) is 0.465. The number of nitrogens with zero attached hydrogens (tertiary/aromatic N) is 2. The van der Waals surface area contributed by atoms with Crippen LogP contribution in [0.3, 0.4) is 0 Å². The first kappa shape index (κ1) is 23.1. The second-order valence-corrected chi connectivity index (χ2v) is 7.84. The van der Waals surface area contributed by atoms with E-state index in [1.165, 1.54) is 24.1 Å². The predicted molar refractivity (Wildman–Crippen MR) is 114 cm³/mol. The minimum Gasteiger partial charge on any atom is -0.454 e. The second-order valence-electron chi connectivity index (χ2n) is 7.84. The number of benzene rings is 2. The number of esters is 1. The average Bonchev–Trinajstić information content (AvgIpc) is 3.03. The topological polar surface area (TPSA) is 84.0 Å². The smallest absolute Gasteiger partial charge is 0.330 e. The van der Waals surface area contributed by atoms with Crippen LogP contribution < -0.4 is 0 Å². The number of carbonyl (C=O) groups excluding carboxylic acids is 4. The summed E-state index contributed by atoms with van der Waals surface area (Å²) in [5.41, 5.74) is 1.07. The summed E-state index contributed by atoms with van der Waals surface area (Å²) < 4.78 is 18.6. The molecule has 0 fully saturated rings. The lowest BCUT2D eigenvalue weighted by Gasteiger charge is -2.29. The third-order valence-electron chi connectivity index (χ3n) is 5.60. The Hall–Kier alpha value is -3.55. The van der Waals surface area contributed by atoms with E-state index in [0.29, 0.717) is 12.0 Å². The summed E-state index contributed by atoms with van der Waals surface area (Å²) in [6.07, 6.45) is 0.514.